The van der Waals surface area contributed by atoms with Crippen LogP contribution in [0.4, 0.5) is 0 Å². The fraction of sp³-hybridized carbons (Fsp3) is 0.333. The summed E-state index contributed by atoms with van der Waals surface area (Å²) in [5, 5.41) is 7.99. The number of hydrogen-bond acceptors (Lipinski definition) is 4. The minimum atomic E-state index is 0.0596. The summed E-state index contributed by atoms with van der Waals surface area (Å²) in [6, 6.07) is 14.1. The van der Waals surface area contributed by atoms with Crippen LogP contribution in [0, 0.1) is 3.70 Å². The molecule has 20 heavy (non-hydrogen) atoms. The number of ether oxygens (including phenoxy) is 2. The van der Waals surface area contributed by atoms with Crippen LogP contribution in [0.3, 0.4) is 0 Å². The molecule has 0 spiro atoms. The van der Waals surface area contributed by atoms with Crippen LogP contribution in [0.2, 0.25) is 0 Å². The fourth-order valence-electron chi connectivity index (χ4n) is 2.29. The third-order valence-electron chi connectivity index (χ3n) is 3.30. The predicted molar refractivity (Wildman–Crippen MR) is 83.5 cm³/mol. The summed E-state index contributed by atoms with van der Waals surface area (Å²) in [5.41, 5.74) is 1.24. The molecule has 1 saturated heterocycles. The van der Waals surface area contributed by atoms with Crippen LogP contribution in [-0.2, 0) is 4.74 Å². The highest BCUT2D eigenvalue weighted by Crippen LogP contribution is 2.29. The Balaban J connectivity index is 1.55. The minimum Gasteiger partial charge on any atom is -0.471 e. The average Bonchev–Trinajstić information content (AvgIpc) is 2.51. The zero-order valence-electron chi connectivity index (χ0n) is 10.9. The number of benzene rings is 1. The summed E-state index contributed by atoms with van der Waals surface area (Å²) >= 11 is 2.12. The highest BCUT2D eigenvalue weighted by molar-refractivity contribution is 14.1. The molecule has 0 bridgehead atoms. The van der Waals surface area contributed by atoms with Crippen molar-refractivity contribution in [1.29, 1.82) is 0 Å². The van der Waals surface area contributed by atoms with E-state index in [9.17, 15) is 0 Å². The van der Waals surface area contributed by atoms with Gasteiger partial charge >= 0.3 is 0 Å². The third kappa shape index (κ3) is 3.46. The lowest BCUT2D eigenvalue weighted by Gasteiger charge is -2.29. The van der Waals surface area contributed by atoms with Crippen LogP contribution in [0.5, 0.6) is 5.88 Å². The number of aromatic nitrogens is 2. The van der Waals surface area contributed by atoms with Crippen molar-refractivity contribution in [3.63, 3.8) is 0 Å². The largest absolute Gasteiger partial charge is 0.471 e. The molecular formula is C15H15IN2O2. The van der Waals surface area contributed by atoms with Crippen molar-refractivity contribution in [2.24, 2.45) is 0 Å². The topological polar surface area (TPSA) is 44.2 Å². The van der Waals surface area contributed by atoms with Crippen molar-refractivity contribution in [3.05, 3.63) is 51.7 Å². The smallest absolute Gasteiger partial charge is 0.233 e. The molecule has 0 N–H and O–H groups in total. The molecule has 0 amide bonds. The van der Waals surface area contributed by atoms with Crippen molar-refractivity contribution >= 4 is 22.6 Å². The van der Waals surface area contributed by atoms with Crippen LogP contribution < -0.4 is 4.74 Å². The molecule has 1 fully saturated rings. The summed E-state index contributed by atoms with van der Waals surface area (Å²) in [6.07, 6.45) is 2.17. The van der Waals surface area contributed by atoms with E-state index in [1.165, 1.54) is 5.56 Å². The summed E-state index contributed by atoms with van der Waals surface area (Å²) in [5.74, 6) is 0.567. The van der Waals surface area contributed by atoms with Gasteiger partial charge in [-0.2, -0.15) is 0 Å². The van der Waals surface area contributed by atoms with Crippen molar-refractivity contribution in [1.82, 2.24) is 10.2 Å². The molecule has 1 aliphatic rings. The molecule has 4 nitrogen and oxygen atoms in total. The zero-order valence-corrected chi connectivity index (χ0v) is 13.1. The van der Waals surface area contributed by atoms with Gasteiger partial charge in [0.2, 0.25) is 5.88 Å². The Hall–Kier alpha value is -1.21. The Kier molecular flexibility index (Phi) is 4.47. The highest BCUT2D eigenvalue weighted by atomic mass is 127. The Morgan fingerprint density at radius 2 is 1.90 bits per heavy atom. The summed E-state index contributed by atoms with van der Waals surface area (Å²) in [6.45, 7) is 0.591. The van der Waals surface area contributed by atoms with Gasteiger partial charge < -0.3 is 9.47 Å². The lowest BCUT2D eigenvalue weighted by molar-refractivity contribution is -0.0488. The van der Waals surface area contributed by atoms with E-state index in [1.807, 2.05) is 30.3 Å². The van der Waals surface area contributed by atoms with E-state index < -0.39 is 0 Å². The molecule has 0 aliphatic carbocycles. The van der Waals surface area contributed by atoms with Gasteiger partial charge in [0.05, 0.1) is 12.7 Å². The highest BCUT2D eigenvalue weighted by Gasteiger charge is 2.24. The first kappa shape index (κ1) is 13.8. The lowest BCUT2D eigenvalue weighted by atomic mass is 10.0. The van der Waals surface area contributed by atoms with E-state index in [0.29, 0.717) is 12.5 Å². The molecule has 1 aromatic carbocycles. The second-order valence-electron chi connectivity index (χ2n) is 4.74. The first-order valence-corrected chi connectivity index (χ1v) is 7.71. The molecule has 2 heterocycles. The van der Waals surface area contributed by atoms with Crippen molar-refractivity contribution in [2.75, 3.05) is 6.61 Å². The normalized spacial score (nSPS) is 22.4. The zero-order chi connectivity index (χ0) is 13.8. The van der Waals surface area contributed by atoms with E-state index in [0.717, 1.165) is 16.5 Å². The number of hydrogen-bond donors (Lipinski definition) is 0. The molecule has 104 valence electrons. The van der Waals surface area contributed by atoms with E-state index in [2.05, 4.69) is 44.9 Å². The van der Waals surface area contributed by atoms with Gasteiger partial charge in [0.1, 0.15) is 9.80 Å². The molecule has 2 unspecified atom stereocenters. The minimum absolute atomic E-state index is 0.0596. The second-order valence-corrected chi connectivity index (χ2v) is 5.85. The molecule has 1 aliphatic heterocycles. The van der Waals surface area contributed by atoms with E-state index >= 15 is 0 Å². The molecular weight excluding hydrogens is 367 g/mol. The summed E-state index contributed by atoms with van der Waals surface area (Å²) in [7, 11) is 0. The Morgan fingerprint density at radius 3 is 2.55 bits per heavy atom. The van der Waals surface area contributed by atoms with Crippen LogP contribution in [-0.4, -0.2) is 22.9 Å². The van der Waals surface area contributed by atoms with Crippen LogP contribution >= 0.6 is 22.6 Å². The number of halogens is 1. The molecule has 1 aromatic heterocycles. The van der Waals surface area contributed by atoms with Gasteiger partial charge in [-0.3, -0.25) is 0 Å². The molecule has 2 aromatic rings. The molecule has 2 atom stereocenters. The monoisotopic (exact) mass is 382 g/mol. The predicted octanol–water partition coefficient (Wildman–Crippen LogP) is 3.38. The van der Waals surface area contributed by atoms with Crippen LogP contribution in [0.25, 0.3) is 0 Å². The lowest BCUT2D eigenvalue weighted by Crippen LogP contribution is -2.30. The number of rotatable bonds is 3. The first-order valence-electron chi connectivity index (χ1n) is 6.64. The Labute approximate surface area is 131 Å². The van der Waals surface area contributed by atoms with E-state index in [-0.39, 0.29) is 12.2 Å². The Bertz CT molecular complexity index is 540. The molecule has 3 rings (SSSR count). The molecule has 5 heteroatoms. The van der Waals surface area contributed by atoms with Crippen LogP contribution in [0.1, 0.15) is 24.5 Å². The maximum absolute atomic E-state index is 5.90. The van der Waals surface area contributed by atoms with E-state index in [1.54, 1.807) is 0 Å². The first-order chi connectivity index (χ1) is 9.81. The fourth-order valence-corrected chi connectivity index (χ4v) is 2.58. The third-order valence-corrected chi connectivity index (χ3v) is 3.88. The van der Waals surface area contributed by atoms with Gasteiger partial charge in [0, 0.05) is 6.07 Å². The van der Waals surface area contributed by atoms with E-state index in [4.69, 9.17) is 9.47 Å². The van der Waals surface area contributed by atoms with Gasteiger partial charge in [-0.1, -0.05) is 30.3 Å². The average molecular weight is 382 g/mol. The van der Waals surface area contributed by atoms with Crippen LogP contribution in [0.15, 0.2) is 42.5 Å². The second kappa shape index (κ2) is 6.49. The van der Waals surface area contributed by atoms with Gasteiger partial charge in [-0.15, -0.1) is 10.2 Å². The Morgan fingerprint density at radius 1 is 1.05 bits per heavy atom. The summed E-state index contributed by atoms with van der Waals surface area (Å²) < 4.78 is 12.6. The van der Waals surface area contributed by atoms with Gasteiger partial charge in [0.15, 0.2) is 0 Å². The quantitative estimate of drug-likeness (QED) is 0.764. The summed E-state index contributed by atoms with van der Waals surface area (Å²) in [4.78, 5) is 0. The SMILES string of the molecule is Ic1ccc(OC2CCC(c3ccccc3)OC2)nn1. The molecule has 0 radical (unpaired) electrons. The standard InChI is InChI=1S/C15H15IN2O2/c16-14-8-9-15(18-17-14)20-12-6-7-13(19-10-12)11-4-2-1-3-5-11/h1-5,8-9,12-13H,6-7,10H2. The van der Waals surface area contributed by atoms with Crippen molar-refractivity contribution in [2.45, 2.75) is 25.0 Å². The van der Waals surface area contributed by atoms with Gasteiger partial charge in [-0.25, -0.2) is 0 Å². The maximum atomic E-state index is 5.90. The van der Waals surface area contributed by atoms with Crippen molar-refractivity contribution in [3.8, 4) is 5.88 Å². The molecule has 0 saturated carbocycles. The van der Waals surface area contributed by atoms with Gasteiger partial charge in [-0.05, 0) is 47.1 Å². The maximum Gasteiger partial charge on any atom is 0.233 e. The van der Waals surface area contributed by atoms with Gasteiger partial charge in [0.25, 0.3) is 0 Å². The van der Waals surface area contributed by atoms with Crippen molar-refractivity contribution < 1.29 is 9.47 Å². The number of nitrogens with zero attached hydrogens (tertiary/aromatic N) is 2.